The number of rotatable bonds is 6. The number of carbonyl (C=O) groups excluding carboxylic acids is 1. The lowest BCUT2D eigenvalue weighted by Gasteiger charge is -2.16. The van der Waals surface area contributed by atoms with E-state index in [1.54, 1.807) is 6.92 Å². The summed E-state index contributed by atoms with van der Waals surface area (Å²) < 4.78 is 70.5. The van der Waals surface area contributed by atoms with Gasteiger partial charge in [0.2, 0.25) is 10.0 Å². The number of alkyl halides is 3. The van der Waals surface area contributed by atoms with Crippen molar-refractivity contribution in [1.29, 1.82) is 0 Å². The predicted molar refractivity (Wildman–Crippen MR) is 92.6 cm³/mol. The van der Waals surface area contributed by atoms with E-state index in [0.29, 0.717) is 0 Å². The van der Waals surface area contributed by atoms with E-state index in [1.165, 1.54) is 43.3 Å². The lowest BCUT2D eigenvalue weighted by atomic mass is 10.1. The number of ether oxygens (including phenoxy) is 1. The monoisotopic (exact) mass is 401 g/mol. The van der Waals surface area contributed by atoms with Crippen LogP contribution in [0.15, 0.2) is 53.4 Å². The van der Waals surface area contributed by atoms with Crippen LogP contribution >= 0.6 is 0 Å². The second kappa shape index (κ2) is 8.10. The van der Waals surface area contributed by atoms with E-state index < -0.39 is 33.8 Å². The average Bonchev–Trinajstić information content (AvgIpc) is 2.61. The van der Waals surface area contributed by atoms with Gasteiger partial charge in [-0.2, -0.15) is 13.2 Å². The van der Waals surface area contributed by atoms with E-state index >= 15 is 0 Å². The summed E-state index contributed by atoms with van der Waals surface area (Å²) in [5.74, 6) is -0.577. The van der Waals surface area contributed by atoms with Gasteiger partial charge < -0.3 is 4.74 Å². The van der Waals surface area contributed by atoms with Gasteiger partial charge in [-0.15, -0.1) is 0 Å². The van der Waals surface area contributed by atoms with Gasteiger partial charge in [0.05, 0.1) is 22.6 Å². The third kappa shape index (κ3) is 5.30. The van der Waals surface area contributed by atoms with Gasteiger partial charge in [-0.3, -0.25) is 0 Å². The molecule has 0 aromatic heterocycles. The number of esters is 1. The van der Waals surface area contributed by atoms with E-state index in [-0.39, 0.29) is 22.6 Å². The minimum Gasteiger partial charge on any atom is -0.462 e. The first-order chi connectivity index (χ1) is 12.5. The van der Waals surface area contributed by atoms with Crippen LogP contribution in [0.2, 0.25) is 0 Å². The van der Waals surface area contributed by atoms with Gasteiger partial charge in [0.1, 0.15) is 0 Å². The Morgan fingerprint density at radius 3 is 2.33 bits per heavy atom. The van der Waals surface area contributed by atoms with Crippen LogP contribution in [-0.2, 0) is 20.9 Å². The van der Waals surface area contributed by atoms with Crippen molar-refractivity contribution in [3.63, 3.8) is 0 Å². The van der Waals surface area contributed by atoms with Crippen LogP contribution in [0, 0.1) is 0 Å². The highest BCUT2D eigenvalue weighted by Gasteiger charge is 2.31. The number of halogens is 3. The van der Waals surface area contributed by atoms with Crippen molar-refractivity contribution in [2.75, 3.05) is 6.61 Å². The van der Waals surface area contributed by atoms with Crippen molar-refractivity contribution >= 4 is 16.0 Å². The van der Waals surface area contributed by atoms with Gasteiger partial charge >= 0.3 is 12.1 Å². The van der Waals surface area contributed by atoms with Gasteiger partial charge in [-0.25, -0.2) is 17.9 Å². The molecule has 0 radical (unpaired) electrons. The molecule has 0 unspecified atom stereocenters. The smallest absolute Gasteiger partial charge is 0.416 e. The second-order valence-electron chi connectivity index (χ2n) is 5.71. The molecule has 0 amide bonds. The Balaban J connectivity index is 2.19. The third-order valence-electron chi connectivity index (χ3n) is 3.72. The Morgan fingerprint density at radius 1 is 1.15 bits per heavy atom. The zero-order chi connectivity index (χ0) is 20.2. The molecule has 0 aliphatic rings. The third-order valence-corrected chi connectivity index (χ3v) is 5.28. The van der Waals surface area contributed by atoms with Crippen LogP contribution in [0.3, 0.4) is 0 Å². The number of sulfonamides is 1. The molecule has 2 aromatic carbocycles. The summed E-state index contributed by atoms with van der Waals surface area (Å²) >= 11 is 0. The zero-order valence-electron chi connectivity index (χ0n) is 14.6. The van der Waals surface area contributed by atoms with Gasteiger partial charge in [-0.05, 0) is 55.8 Å². The summed E-state index contributed by atoms with van der Waals surface area (Å²) in [6.45, 7) is 3.28. The maximum Gasteiger partial charge on any atom is 0.416 e. The minimum atomic E-state index is -4.52. The summed E-state index contributed by atoms with van der Waals surface area (Å²) in [5.41, 5.74) is -0.483. The molecule has 9 heteroatoms. The number of hydrogen-bond donors (Lipinski definition) is 1. The second-order valence-corrected chi connectivity index (χ2v) is 7.43. The van der Waals surface area contributed by atoms with Crippen molar-refractivity contribution in [1.82, 2.24) is 4.72 Å². The number of benzene rings is 2. The van der Waals surface area contributed by atoms with E-state index in [2.05, 4.69) is 4.72 Å². The maximum absolute atomic E-state index is 12.8. The highest BCUT2D eigenvalue weighted by molar-refractivity contribution is 7.89. The van der Waals surface area contributed by atoms with Crippen LogP contribution in [-0.4, -0.2) is 21.0 Å². The summed E-state index contributed by atoms with van der Waals surface area (Å²) in [6, 6.07) is 8.63. The molecule has 0 heterocycles. The van der Waals surface area contributed by atoms with Crippen LogP contribution < -0.4 is 4.72 Å². The molecule has 0 aliphatic carbocycles. The summed E-state index contributed by atoms with van der Waals surface area (Å²) in [5, 5.41) is 0. The number of hydrogen-bond acceptors (Lipinski definition) is 4. The SMILES string of the molecule is CCOC(=O)c1ccc(S(=O)(=O)N[C@@H](C)c2cccc(C(F)(F)F)c2)cc1. The van der Waals surface area contributed by atoms with Crippen molar-refractivity contribution in [3.8, 4) is 0 Å². The van der Waals surface area contributed by atoms with Crippen molar-refractivity contribution in [2.45, 2.75) is 31.0 Å². The Bertz CT molecular complexity index is 909. The van der Waals surface area contributed by atoms with Crippen LogP contribution in [0.1, 0.15) is 41.4 Å². The topological polar surface area (TPSA) is 72.5 Å². The van der Waals surface area contributed by atoms with E-state index in [1.807, 2.05) is 0 Å². The first kappa shape index (κ1) is 20.9. The van der Waals surface area contributed by atoms with Crippen molar-refractivity contribution in [3.05, 3.63) is 65.2 Å². The molecule has 0 saturated heterocycles. The first-order valence-corrected chi connectivity index (χ1v) is 9.49. The lowest BCUT2D eigenvalue weighted by molar-refractivity contribution is -0.137. The van der Waals surface area contributed by atoms with Crippen LogP contribution in [0.25, 0.3) is 0 Å². The van der Waals surface area contributed by atoms with Crippen LogP contribution in [0.5, 0.6) is 0 Å². The Hall–Kier alpha value is -2.39. The van der Waals surface area contributed by atoms with Gasteiger partial charge in [0.25, 0.3) is 0 Å². The summed E-state index contributed by atoms with van der Waals surface area (Å²) in [6.07, 6.45) is -4.52. The minimum absolute atomic E-state index is 0.116. The van der Waals surface area contributed by atoms with Crippen molar-refractivity contribution in [2.24, 2.45) is 0 Å². The standard InChI is InChI=1S/C18H18F3NO4S/c1-3-26-17(23)13-7-9-16(10-8-13)27(24,25)22-12(2)14-5-4-6-15(11-14)18(19,20)21/h4-12,22H,3H2,1-2H3/t12-/m0/s1. The van der Waals surface area contributed by atoms with E-state index in [9.17, 15) is 26.4 Å². The lowest BCUT2D eigenvalue weighted by Crippen LogP contribution is -2.27. The Labute approximate surface area is 155 Å². The highest BCUT2D eigenvalue weighted by atomic mass is 32.2. The molecule has 146 valence electrons. The van der Waals surface area contributed by atoms with E-state index in [0.717, 1.165) is 12.1 Å². The zero-order valence-corrected chi connectivity index (χ0v) is 15.4. The first-order valence-electron chi connectivity index (χ1n) is 8.01. The Morgan fingerprint density at radius 2 is 1.78 bits per heavy atom. The number of carbonyl (C=O) groups is 1. The fourth-order valence-corrected chi connectivity index (χ4v) is 3.57. The normalized spacial score (nSPS) is 13.2. The molecule has 0 fully saturated rings. The van der Waals surface area contributed by atoms with Crippen molar-refractivity contribution < 1.29 is 31.1 Å². The molecule has 0 saturated carbocycles. The largest absolute Gasteiger partial charge is 0.462 e. The molecule has 2 aromatic rings. The molecular weight excluding hydrogens is 383 g/mol. The summed E-state index contributed by atoms with van der Waals surface area (Å²) in [7, 11) is -3.99. The maximum atomic E-state index is 12.8. The van der Waals surface area contributed by atoms with E-state index in [4.69, 9.17) is 4.74 Å². The molecule has 0 spiro atoms. The molecule has 27 heavy (non-hydrogen) atoms. The highest BCUT2D eigenvalue weighted by Crippen LogP contribution is 2.31. The molecule has 0 bridgehead atoms. The van der Waals surface area contributed by atoms with Gasteiger partial charge in [-0.1, -0.05) is 12.1 Å². The summed E-state index contributed by atoms with van der Waals surface area (Å²) in [4.78, 5) is 11.5. The average molecular weight is 401 g/mol. The molecule has 0 aliphatic heterocycles. The molecule has 1 atom stereocenters. The fraction of sp³-hybridized carbons (Fsp3) is 0.278. The molecular formula is C18H18F3NO4S. The molecule has 5 nitrogen and oxygen atoms in total. The molecule has 1 N–H and O–H groups in total. The number of nitrogens with one attached hydrogen (secondary N) is 1. The Kier molecular flexibility index (Phi) is 6.27. The van der Waals surface area contributed by atoms with Gasteiger partial charge in [0.15, 0.2) is 0 Å². The van der Waals surface area contributed by atoms with Gasteiger partial charge in [0, 0.05) is 6.04 Å². The predicted octanol–water partition coefficient (Wildman–Crippen LogP) is 3.92. The quantitative estimate of drug-likeness (QED) is 0.745. The molecule has 2 rings (SSSR count). The van der Waals surface area contributed by atoms with Crippen LogP contribution in [0.4, 0.5) is 13.2 Å². The fourth-order valence-electron chi connectivity index (χ4n) is 2.34.